The SMILES string of the molecule is CC/C(O)=C\CS. The van der Waals surface area contributed by atoms with Crippen LogP contribution in [0, 0.1) is 0 Å². The van der Waals surface area contributed by atoms with Crippen LogP contribution < -0.4 is 0 Å². The number of hydrogen-bond donors (Lipinski definition) is 2. The van der Waals surface area contributed by atoms with E-state index in [0.29, 0.717) is 17.9 Å². The molecular weight excluding hydrogens is 108 g/mol. The molecule has 0 rings (SSSR count). The first-order valence-corrected chi connectivity index (χ1v) is 2.93. The van der Waals surface area contributed by atoms with Gasteiger partial charge in [0.2, 0.25) is 0 Å². The molecule has 0 aliphatic rings. The van der Waals surface area contributed by atoms with Crippen LogP contribution in [0.4, 0.5) is 0 Å². The number of thiol groups is 1. The van der Waals surface area contributed by atoms with E-state index in [0.717, 1.165) is 0 Å². The molecule has 2 heteroatoms. The molecule has 0 saturated carbocycles. The second-order valence-corrected chi connectivity index (χ2v) is 1.60. The molecule has 1 nitrogen and oxygen atoms in total. The summed E-state index contributed by atoms with van der Waals surface area (Å²) in [5.74, 6) is 1.05. The van der Waals surface area contributed by atoms with Crippen LogP contribution in [0.1, 0.15) is 13.3 Å². The van der Waals surface area contributed by atoms with Gasteiger partial charge in [-0.1, -0.05) is 6.92 Å². The van der Waals surface area contributed by atoms with Gasteiger partial charge in [0.05, 0.1) is 5.76 Å². The summed E-state index contributed by atoms with van der Waals surface area (Å²) in [5, 5.41) is 8.67. The highest BCUT2D eigenvalue weighted by Crippen LogP contribution is 1.92. The molecule has 7 heavy (non-hydrogen) atoms. The number of aliphatic hydroxyl groups is 1. The van der Waals surface area contributed by atoms with Crippen LogP contribution >= 0.6 is 12.6 Å². The smallest absolute Gasteiger partial charge is 0.0888 e. The molecule has 0 aliphatic heterocycles. The zero-order valence-electron chi connectivity index (χ0n) is 4.39. The van der Waals surface area contributed by atoms with Crippen molar-refractivity contribution < 1.29 is 5.11 Å². The van der Waals surface area contributed by atoms with Crippen LogP contribution in [-0.4, -0.2) is 10.9 Å². The first-order chi connectivity index (χ1) is 3.31. The molecule has 1 N–H and O–H groups in total. The van der Waals surface area contributed by atoms with Crippen LogP contribution in [0.5, 0.6) is 0 Å². The molecule has 0 fully saturated rings. The quantitative estimate of drug-likeness (QED) is 0.418. The molecule has 0 aromatic carbocycles. The van der Waals surface area contributed by atoms with Crippen LogP contribution in [0.2, 0.25) is 0 Å². The van der Waals surface area contributed by atoms with Crippen molar-refractivity contribution >= 4 is 12.6 Å². The van der Waals surface area contributed by atoms with E-state index in [2.05, 4.69) is 12.6 Å². The second-order valence-electron chi connectivity index (χ2n) is 1.23. The van der Waals surface area contributed by atoms with Crippen LogP contribution in [0.25, 0.3) is 0 Å². The minimum atomic E-state index is 0.426. The van der Waals surface area contributed by atoms with Gasteiger partial charge < -0.3 is 5.11 Å². The summed E-state index contributed by atoms with van der Waals surface area (Å²) in [5.41, 5.74) is 0. The number of rotatable bonds is 2. The monoisotopic (exact) mass is 118 g/mol. The molecule has 0 bridgehead atoms. The Bertz CT molecular complexity index is 68.5. The number of aliphatic hydroxyl groups excluding tert-OH is 1. The molecular formula is C5H10OS. The largest absolute Gasteiger partial charge is 0.513 e. The zero-order valence-corrected chi connectivity index (χ0v) is 5.28. The molecule has 0 saturated heterocycles. The van der Waals surface area contributed by atoms with Gasteiger partial charge in [-0.15, -0.1) is 0 Å². The molecule has 0 amide bonds. The Balaban J connectivity index is 3.29. The first kappa shape index (κ1) is 6.89. The highest BCUT2D eigenvalue weighted by Gasteiger charge is 1.80. The fraction of sp³-hybridized carbons (Fsp3) is 0.600. The summed E-state index contributed by atoms with van der Waals surface area (Å²) in [6.45, 7) is 1.90. The number of hydrogen-bond acceptors (Lipinski definition) is 2. The Morgan fingerprint density at radius 2 is 2.43 bits per heavy atom. The minimum Gasteiger partial charge on any atom is -0.513 e. The fourth-order valence-corrected chi connectivity index (χ4v) is 0.460. The van der Waals surface area contributed by atoms with E-state index in [1.165, 1.54) is 0 Å². The molecule has 42 valence electrons. The Kier molecular flexibility index (Phi) is 4.00. The van der Waals surface area contributed by atoms with Gasteiger partial charge in [0.15, 0.2) is 0 Å². The van der Waals surface area contributed by atoms with Gasteiger partial charge in [0.25, 0.3) is 0 Å². The van der Waals surface area contributed by atoms with Crippen molar-refractivity contribution in [3.05, 3.63) is 11.8 Å². The highest BCUT2D eigenvalue weighted by atomic mass is 32.1. The summed E-state index contributed by atoms with van der Waals surface area (Å²) < 4.78 is 0. The topological polar surface area (TPSA) is 20.2 Å². The lowest BCUT2D eigenvalue weighted by Gasteiger charge is -1.87. The second kappa shape index (κ2) is 4.06. The standard InChI is InChI=1S/C5H10OS/c1-2-5(6)3-4-7/h3,6-7H,2,4H2,1H3/b5-3+. The van der Waals surface area contributed by atoms with Crippen molar-refractivity contribution in [1.82, 2.24) is 0 Å². The summed E-state index contributed by atoms with van der Waals surface area (Å²) in [4.78, 5) is 0. The van der Waals surface area contributed by atoms with Gasteiger partial charge in [-0.05, 0) is 6.08 Å². The predicted molar refractivity (Wildman–Crippen MR) is 34.9 cm³/mol. The van der Waals surface area contributed by atoms with Crippen molar-refractivity contribution in [2.24, 2.45) is 0 Å². The molecule has 0 spiro atoms. The minimum absolute atomic E-state index is 0.426. The van der Waals surface area contributed by atoms with Crippen LogP contribution in [-0.2, 0) is 0 Å². The molecule has 0 aliphatic carbocycles. The van der Waals surface area contributed by atoms with Crippen molar-refractivity contribution in [3.63, 3.8) is 0 Å². The fourth-order valence-electron chi connectivity index (χ4n) is 0.250. The third-order valence-corrected chi connectivity index (χ3v) is 0.872. The van der Waals surface area contributed by atoms with Crippen molar-refractivity contribution in [1.29, 1.82) is 0 Å². The lowest BCUT2D eigenvalue weighted by atomic mass is 10.4. The number of allylic oxidation sites excluding steroid dienone is 1. The maximum Gasteiger partial charge on any atom is 0.0888 e. The Morgan fingerprint density at radius 3 is 2.57 bits per heavy atom. The van der Waals surface area contributed by atoms with E-state index in [1.807, 2.05) is 6.92 Å². The molecule has 0 radical (unpaired) electrons. The summed E-state index contributed by atoms with van der Waals surface area (Å²) >= 11 is 3.88. The van der Waals surface area contributed by atoms with Crippen LogP contribution in [0.15, 0.2) is 11.8 Å². The van der Waals surface area contributed by atoms with Gasteiger partial charge in [0.1, 0.15) is 0 Å². The normalized spacial score (nSPS) is 12.0. The molecule has 0 unspecified atom stereocenters. The Morgan fingerprint density at radius 1 is 1.86 bits per heavy atom. The van der Waals surface area contributed by atoms with E-state index >= 15 is 0 Å². The van der Waals surface area contributed by atoms with E-state index in [9.17, 15) is 0 Å². The Labute approximate surface area is 49.5 Å². The first-order valence-electron chi connectivity index (χ1n) is 2.30. The third-order valence-electron chi connectivity index (χ3n) is 0.689. The van der Waals surface area contributed by atoms with Gasteiger partial charge >= 0.3 is 0 Å². The lowest BCUT2D eigenvalue weighted by molar-refractivity contribution is 0.393. The van der Waals surface area contributed by atoms with Crippen LogP contribution in [0.3, 0.4) is 0 Å². The Hall–Kier alpha value is -0.110. The summed E-state index contributed by atoms with van der Waals surface area (Å²) in [7, 11) is 0. The lowest BCUT2D eigenvalue weighted by Crippen LogP contribution is -1.75. The van der Waals surface area contributed by atoms with Crippen molar-refractivity contribution in [2.45, 2.75) is 13.3 Å². The summed E-state index contributed by atoms with van der Waals surface area (Å²) in [6.07, 6.45) is 2.39. The van der Waals surface area contributed by atoms with E-state index in [1.54, 1.807) is 6.08 Å². The maximum absolute atomic E-state index is 8.67. The van der Waals surface area contributed by atoms with Crippen molar-refractivity contribution in [3.8, 4) is 0 Å². The van der Waals surface area contributed by atoms with Gasteiger partial charge in [-0.25, -0.2) is 0 Å². The predicted octanol–water partition coefficient (Wildman–Crippen LogP) is 1.77. The van der Waals surface area contributed by atoms with Gasteiger partial charge in [-0.2, -0.15) is 12.6 Å². The molecule has 0 aromatic heterocycles. The highest BCUT2D eigenvalue weighted by molar-refractivity contribution is 7.80. The molecule has 0 atom stereocenters. The van der Waals surface area contributed by atoms with E-state index in [-0.39, 0.29) is 0 Å². The average Bonchev–Trinajstić information content (AvgIpc) is 1.68. The molecule has 0 heterocycles. The van der Waals surface area contributed by atoms with Gasteiger partial charge in [-0.3, -0.25) is 0 Å². The molecule has 0 aromatic rings. The van der Waals surface area contributed by atoms with Gasteiger partial charge in [0, 0.05) is 12.2 Å². The van der Waals surface area contributed by atoms with Crippen molar-refractivity contribution in [2.75, 3.05) is 5.75 Å². The average molecular weight is 118 g/mol. The van der Waals surface area contributed by atoms with E-state index < -0.39 is 0 Å². The van der Waals surface area contributed by atoms with E-state index in [4.69, 9.17) is 5.11 Å². The zero-order chi connectivity index (χ0) is 5.70. The summed E-state index contributed by atoms with van der Waals surface area (Å²) in [6, 6.07) is 0. The third kappa shape index (κ3) is 3.73. The maximum atomic E-state index is 8.67.